The van der Waals surface area contributed by atoms with E-state index in [1.54, 1.807) is 6.20 Å². The SMILES string of the molecule is CCNC(=NCC1CN(CC(C)C)CCO1)NCCc1cccnc1. The largest absolute Gasteiger partial charge is 0.374 e. The number of nitrogens with one attached hydrogen (secondary N) is 2. The highest BCUT2D eigenvalue weighted by Crippen LogP contribution is 2.08. The van der Waals surface area contributed by atoms with E-state index in [9.17, 15) is 0 Å². The Hall–Kier alpha value is -1.66. The van der Waals surface area contributed by atoms with Crippen molar-refractivity contribution >= 4 is 5.96 Å². The van der Waals surface area contributed by atoms with Crippen LogP contribution in [0.5, 0.6) is 0 Å². The van der Waals surface area contributed by atoms with Gasteiger partial charge in [0.15, 0.2) is 5.96 Å². The molecule has 140 valence electrons. The molecule has 1 aliphatic rings. The molecule has 0 aliphatic carbocycles. The highest BCUT2D eigenvalue weighted by atomic mass is 16.5. The molecule has 0 radical (unpaired) electrons. The molecular formula is C19H33N5O. The van der Waals surface area contributed by atoms with Gasteiger partial charge >= 0.3 is 0 Å². The quantitative estimate of drug-likeness (QED) is 0.552. The van der Waals surface area contributed by atoms with Crippen LogP contribution in [0.25, 0.3) is 0 Å². The highest BCUT2D eigenvalue weighted by molar-refractivity contribution is 5.79. The van der Waals surface area contributed by atoms with Crippen LogP contribution in [0.15, 0.2) is 29.5 Å². The normalized spacial score (nSPS) is 19.2. The van der Waals surface area contributed by atoms with Crippen LogP contribution < -0.4 is 10.6 Å². The van der Waals surface area contributed by atoms with Gasteiger partial charge in [-0.25, -0.2) is 0 Å². The van der Waals surface area contributed by atoms with E-state index >= 15 is 0 Å². The van der Waals surface area contributed by atoms with E-state index in [0.717, 1.165) is 51.7 Å². The van der Waals surface area contributed by atoms with E-state index < -0.39 is 0 Å². The summed E-state index contributed by atoms with van der Waals surface area (Å²) in [6.07, 6.45) is 4.82. The number of hydrogen-bond donors (Lipinski definition) is 2. The molecule has 1 saturated heterocycles. The minimum absolute atomic E-state index is 0.182. The Kier molecular flexibility index (Phi) is 8.69. The van der Waals surface area contributed by atoms with E-state index in [-0.39, 0.29) is 6.10 Å². The third-order valence-corrected chi connectivity index (χ3v) is 4.07. The van der Waals surface area contributed by atoms with Crippen LogP contribution in [0.2, 0.25) is 0 Å². The molecule has 1 unspecified atom stereocenters. The van der Waals surface area contributed by atoms with Gasteiger partial charge in [-0.3, -0.25) is 14.9 Å². The number of aliphatic imine (C=N–C) groups is 1. The Morgan fingerprint density at radius 2 is 2.32 bits per heavy atom. The van der Waals surface area contributed by atoms with Crippen LogP contribution in [0.1, 0.15) is 26.3 Å². The minimum atomic E-state index is 0.182. The molecule has 6 nitrogen and oxygen atoms in total. The first-order valence-corrected chi connectivity index (χ1v) is 9.42. The van der Waals surface area contributed by atoms with Crippen molar-refractivity contribution in [1.29, 1.82) is 0 Å². The summed E-state index contributed by atoms with van der Waals surface area (Å²) in [4.78, 5) is 11.3. The molecule has 1 aromatic rings. The molecule has 0 amide bonds. The van der Waals surface area contributed by atoms with Gasteiger partial charge in [0.25, 0.3) is 0 Å². The van der Waals surface area contributed by atoms with Gasteiger partial charge in [-0.2, -0.15) is 0 Å². The van der Waals surface area contributed by atoms with Gasteiger partial charge in [0.05, 0.1) is 19.3 Å². The van der Waals surface area contributed by atoms with Gasteiger partial charge in [-0.1, -0.05) is 19.9 Å². The molecule has 2 rings (SSSR count). The summed E-state index contributed by atoms with van der Waals surface area (Å²) in [6, 6.07) is 4.07. The molecule has 2 N–H and O–H groups in total. The Morgan fingerprint density at radius 1 is 1.44 bits per heavy atom. The second-order valence-electron chi connectivity index (χ2n) is 6.90. The summed E-state index contributed by atoms with van der Waals surface area (Å²) in [7, 11) is 0. The lowest BCUT2D eigenvalue weighted by atomic mass is 10.2. The second-order valence-corrected chi connectivity index (χ2v) is 6.90. The van der Waals surface area contributed by atoms with Crippen molar-refractivity contribution in [1.82, 2.24) is 20.5 Å². The fourth-order valence-electron chi connectivity index (χ4n) is 2.98. The molecule has 1 aromatic heterocycles. The fourth-order valence-corrected chi connectivity index (χ4v) is 2.98. The van der Waals surface area contributed by atoms with E-state index in [4.69, 9.17) is 9.73 Å². The van der Waals surface area contributed by atoms with Crippen molar-refractivity contribution in [3.05, 3.63) is 30.1 Å². The zero-order chi connectivity index (χ0) is 17.9. The van der Waals surface area contributed by atoms with Gasteiger partial charge < -0.3 is 15.4 Å². The summed E-state index contributed by atoms with van der Waals surface area (Å²) in [6.45, 7) is 12.9. The van der Waals surface area contributed by atoms with Gasteiger partial charge in [0, 0.05) is 45.1 Å². The zero-order valence-electron chi connectivity index (χ0n) is 15.9. The molecule has 2 heterocycles. The van der Waals surface area contributed by atoms with Crippen molar-refractivity contribution in [2.45, 2.75) is 33.3 Å². The van der Waals surface area contributed by atoms with E-state index in [1.165, 1.54) is 5.56 Å². The third-order valence-electron chi connectivity index (χ3n) is 4.07. The number of hydrogen-bond acceptors (Lipinski definition) is 4. The molecule has 0 aromatic carbocycles. The van der Waals surface area contributed by atoms with Crippen molar-refractivity contribution in [2.75, 3.05) is 45.9 Å². The van der Waals surface area contributed by atoms with Crippen molar-refractivity contribution in [3.63, 3.8) is 0 Å². The second kappa shape index (κ2) is 11.1. The monoisotopic (exact) mass is 347 g/mol. The lowest BCUT2D eigenvalue weighted by molar-refractivity contribution is -0.0261. The van der Waals surface area contributed by atoms with E-state index in [1.807, 2.05) is 12.3 Å². The van der Waals surface area contributed by atoms with Crippen molar-refractivity contribution in [3.8, 4) is 0 Å². The van der Waals surface area contributed by atoms with Crippen LogP contribution >= 0.6 is 0 Å². The fraction of sp³-hybridized carbons (Fsp3) is 0.684. The molecule has 6 heteroatoms. The van der Waals surface area contributed by atoms with Gasteiger partial charge in [-0.05, 0) is 30.9 Å². The van der Waals surface area contributed by atoms with E-state index in [0.29, 0.717) is 12.5 Å². The lowest BCUT2D eigenvalue weighted by Gasteiger charge is -2.33. The Morgan fingerprint density at radius 3 is 3.04 bits per heavy atom. The average Bonchev–Trinajstić information content (AvgIpc) is 2.60. The Bertz CT molecular complexity index is 506. The Balaban J connectivity index is 1.78. The number of pyridine rings is 1. The van der Waals surface area contributed by atoms with Crippen molar-refractivity contribution < 1.29 is 4.74 Å². The Labute approximate surface area is 152 Å². The van der Waals surface area contributed by atoms with Crippen LogP contribution in [-0.4, -0.2) is 67.8 Å². The number of nitrogens with zero attached hydrogens (tertiary/aromatic N) is 3. The lowest BCUT2D eigenvalue weighted by Crippen LogP contribution is -2.46. The topological polar surface area (TPSA) is 61.8 Å². The molecule has 0 spiro atoms. The molecular weight excluding hydrogens is 314 g/mol. The third kappa shape index (κ3) is 7.84. The summed E-state index contributed by atoms with van der Waals surface area (Å²) in [5.41, 5.74) is 1.23. The first kappa shape index (κ1) is 19.7. The maximum absolute atomic E-state index is 5.88. The first-order valence-electron chi connectivity index (χ1n) is 9.42. The van der Waals surface area contributed by atoms with Crippen LogP contribution in [0.4, 0.5) is 0 Å². The predicted molar refractivity (Wildman–Crippen MR) is 103 cm³/mol. The molecule has 1 fully saturated rings. The maximum Gasteiger partial charge on any atom is 0.191 e. The number of guanidine groups is 1. The molecule has 1 aliphatic heterocycles. The summed E-state index contributed by atoms with van der Waals surface area (Å²) < 4.78 is 5.88. The smallest absolute Gasteiger partial charge is 0.191 e. The number of morpholine rings is 1. The number of ether oxygens (including phenoxy) is 1. The number of rotatable bonds is 8. The molecule has 1 atom stereocenters. The predicted octanol–water partition coefficient (Wildman–Crippen LogP) is 1.54. The van der Waals surface area contributed by atoms with Gasteiger partial charge in [-0.15, -0.1) is 0 Å². The summed E-state index contributed by atoms with van der Waals surface area (Å²) in [5, 5.41) is 6.70. The summed E-state index contributed by atoms with van der Waals surface area (Å²) in [5.74, 6) is 1.55. The maximum atomic E-state index is 5.88. The van der Waals surface area contributed by atoms with Crippen molar-refractivity contribution in [2.24, 2.45) is 10.9 Å². The number of aromatic nitrogens is 1. The van der Waals surface area contributed by atoms with Gasteiger partial charge in [0.2, 0.25) is 0 Å². The molecule has 0 bridgehead atoms. The zero-order valence-corrected chi connectivity index (χ0v) is 15.9. The summed E-state index contributed by atoms with van der Waals surface area (Å²) >= 11 is 0. The standard InChI is InChI=1S/C19H33N5O/c1-4-21-19(22-9-7-17-6-5-8-20-12-17)23-13-18-15-24(10-11-25-18)14-16(2)3/h5-6,8,12,16,18H,4,7,9-11,13-15H2,1-3H3,(H2,21,22,23). The average molecular weight is 348 g/mol. The highest BCUT2D eigenvalue weighted by Gasteiger charge is 2.20. The van der Waals surface area contributed by atoms with Crippen LogP contribution in [-0.2, 0) is 11.2 Å². The van der Waals surface area contributed by atoms with E-state index in [2.05, 4.69) is 47.4 Å². The van der Waals surface area contributed by atoms with Crippen LogP contribution in [0.3, 0.4) is 0 Å². The molecule has 25 heavy (non-hydrogen) atoms. The first-order chi connectivity index (χ1) is 12.2. The minimum Gasteiger partial charge on any atom is -0.374 e. The molecule has 0 saturated carbocycles. The van der Waals surface area contributed by atoms with Gasteiger partial charge in [0.1, 0.15) is 0 Å². The van der Waals surface area contributed by atoms with Crippen LogP contribution in [0, 0.1) is 5.92 Å².